The quantitative estimate of drug-likeness (QED) is 0.946. The summed E-state index contributed by atoms with van der Waals surface area (Å²) in [5.74, 6) is -0.0519. The van der Waals surface area contributed by atoms with E-state index in [0.717, 1.165) is 14.9 Å². The molecule has 2 aromatic heterocycles. The minimum Gasteiger partial charge on any atom is -0.347 e. The predicted octanol–water partition coefficient (Wildman–Crippen LogP) is 3.14. The van der Waals surface area contributed by atoms with Gasteiger partial charge in [0.05, 0.1) is 8.66 Å². The van der Waals surface area contributed by atoms with Crippen LogP contribution in [0.15, 0.2) is 34.4 Å². The van der Waals surface area contributed by atoms with Gasteiger partial charge in [0.2, 0.25) is 0 Å². The van der Waals surface area contributed by atoms with Crippen LogP contribution < -0.4 is 5.32 Å². The number of carbonyl (C=O) groups excluding carboxylic acids is 1. The van der Waals surface area contributed by atoms with Crippen LogP contribution in [-0.2, 0) is 6.54 Å². The number of rotatable bonds is 3. The molecule has 0 fully saturated rings. The van der Waals surface area contributed by atoms with E-state index in [0.29, 0.717) is 11.4 Å². The summed E-state index contributed by atoms with van der Waals surface area (Å²) in [5.41, 5.74) is 2.17. The molecule has 2 heterocycles. The zero-order chi connectivity index (χ0) is 12.3. The van der Waals surface area contributed by atoms with Gasteiger partial charge in [-0.1, -0.05) is 0 Å². The summed E-state index contributed by atoms with van der Waals surface area (Å²) in [5, 5.41) is 2.88. The van der Waals surface area contributed by atoms with E-state index in [1.807, 2.05) is 19.1 Å². The highest BCUT2D eigenvalue weighted by atomic mass is 79.9. The molecule has 1 N–H and O–H groups in total. The summed E-state index contributed by atoms with van der Waals surface area (Å²) in [6, 6.07) is 5.61. The SMILES string of the molecule is Cc1ccncc1CNC(=O)c1ccc(Br)s1. The standard InChI is InChI=1S/C12H11BrN2OS/c1-8-4-5-14-6-9(8)7-15-12(16)10-2-3-11(13)17-10/h2-6H,7H2,1H3,(H,15,16). The Morgan fingerprint density at radius 3 is 2.94 bits per heavy atom. The Kier molecular flexibility index (Phi) is 3.91. The highest BCUT2D eigenvalue weighted by Gasteiger charge is 2.08. The molecular formula is C12H11BrN2OS. The van der Waals surface area contributed by atoms with Crippen LogP contribution in [-0.4, -0.2) is 10.9 Å². The topological polar surface area (TPSA) is 42.0 Å². The van der Waals surface area contributed by atoms with E-state index in [2.05, 4.69) is 26.2 Å². The fourth-order valence-corrected chi connectivity index (χ4v) is 2.68. The molecule has 0 aromatic carbocycles. The van der Waals surface area contributed by atoms with Gasteiger partial charge in [0.15, 0.2) is 0 Å². The number of thiophene rings is 1. The largest absolute Gasteiger partial charge is 0.347 e. The summed E-state index contributed by atoms with van der Waals surface area (Å²) in [7, 11) is 0. The molecule has 0 aliphatic carbocycles. The van der Waals surface area contributed by atoms with Gasteiger partial charge in [-0.25, -0.2) is 0 Å². The Morgan fingerprint density at radius 1 is 1.47 bits per heavy atom. The molecule has 2 rings (SSSR count). The second kappa shape index (κ2) is 5.42. The van der Waals surface area contributed by atoms with Gasteiger partial charge in [0.1, 0.15) is 0 Å². The Morgan fingerprint density at radius 2 is 2.29 bits per heavy atom. The second-order valence-electron chi connectivity index (χ2n) is 3.59. The monoisotopic (exact) mass is 310 g/mol. The fourth-order valence-electron chi connectivity index (χ4n) is 1.38. The molecule has 0 aliphatic heterocycles. The number of carbonyl (C=O) groups is 1. The highest BCUT2D eigenvalue weighted by molar-refractivity contribution is 9.11. The van der Waals surface area contributed by atoms with Gasteiger partial charge >= 0.3 is 0 Å². The summed E-state index contributed by atoms with van der Waals surface area (Å²) in [4.78, 5) is 16.6. The minimum absolute atomic E-state index is 0.0519. The third-order valence-corrected chi connectivity index (χ3v) is 4.01. The van der Waals surface area contributed by atoms with Gasteiger partial charge in [-0.2, -0.15) is 0 Å². The molecule has 0 bridgehead atoms. The van der Waals surface area contributed by atoms with Crippen molar-refractivity contribution in [2.75, 3.05) is 0 Å². The van der Waals surface area contributed by atoms with Crippen molar-refractivity contribution < 1.29 is 4.79 Å². The first kappa shape index (κ1) is 12.3. The number of hydrogen-bond donors (Lipinski definition) is 1. The first-order valence-electron chi connectivity index (χ1n) is 5.10. The maximum atomic E-state index is 11.8. The van der Waals surface area contributed by atoms with Gasteiger partial charge in [-0.3, -0.25) is 9.78 Å². The molecule has 0 radical (unpaired) electrons. The van der Waals surface area contributed by atoms with Crippen molar-refractivity contribution >= 4 is 33.2 Å². The molecule has 0 spiro atoms. The number of halogens is 1. The van der Waals surface area contributed by atoms with Gasteiger partial charge < -0.3 is 5.32 Å². The smallest absolute Gasteiger partial charge is 0.261 e. The first-order chi connectivity index (χ1) is 8.16. The van der Waals surface area contributed by atoms with Crippen LogP contribution >= 0.6 is 27.3 Å². The van der Waals surface area contributed by atoms with Crippen molar-refractivity contribution in [2.24, 2.45) is 0 Å². The Hall–Kier alpha value is -1.20. The highest BCUT2D eigenvalue weighted by Crippen LogP contribution is 2.21. The minimum atomic E-state index is -0.0519. The number of aryl methyl sites for hydroxylation is 1. The molecule has 0 saturated carbocycles. The van der Waals surface area contributed by atoms with Crippen LogP contribution in [0, 0.1) is 6.92 Å². The lowest BCUT2D eigenvalue weighted by Crippen LogP contribution is -2.22. The predicted molar refractivity (Wildman–Crippen MR) is 72.2 cm³/mol. The molecular weight excluding hydrogens is 300 g/mol. The van der Waals surface area contributed by atoms with Gasteiger partial charge in [-0.05, 0) is 52.2 Å². The lowest BCUT2D eigenvalue weighted by Gasteiger charge is -2.05. The summed E-state index contributed by atoms with van der Waals surface area (Å²) >= 11 is 4.76. The maximum Gasteiger partial charge on any atom is 0.261 e. The molecule has 1 amide bonds. The van der Waals surface area contributed by atoms with Crippen LogP contribution in [0.5, 0.6) is 0 Å². The number of hydrogen-bond acceptors (Lipinski definition) is 3. The molecule has 0 unspecified atom stereocenters. The van der Waals surface area contributed by atoms with Crippen LogP contribution in [0.4, 0.5) is 0 Å². The van der Waals surface area contributed by atoms with Crippen molar-refractivity contribution in [3.8, 4) is 0 Å². The van der Waals surface area contributed by atoms with Gasteiger partial charge in [0, 0.05) is 18.9 Å². The summed E-state index contributed by atoms with van der Waals surface area (Å²) in [6.07, 6.45) is 3.52. The molecule has 3 nitrogen and oxygen atoms in total. The lowest BCUT2D eigenvalue weighted by atomic mass is 10.1. The second-order valence-corrected chi connectivity index (χ2v) is 6.05. The van der Waals surface area contributed by atoms with E-state index in [1.165, 1.54) is 11.3 Å². The number of nitrogens with zero attached hydrogens (tertiary/aromatic N) is 1. The van der Waals surface area contributed by atoms with Crippen molar-refractivity contribution in [1.82, 2.24) is 10.3 Å². The lowest BCUT2D eigenvalue weighted by molar-refractivity contribution is 0.0955. The molecule has 0 atom stereocenters. The third kappa shape index (κ3) is 3.14. The summed E-state index contributed by atoms with van der Waals surface area (Å²) < 4.78 is 0.959. The number of aromatic nitrogens is 1. The Balaban J connectivity index is 1.99. The van der Waals surface area contributed by atoms with E-state index in [4.69, 9.17) is 0 Å². The van der Waals surface area contributed by atoms with Crippen molar-refractivity contribution in [1.29, 1.82) is 0 Å². The zero-order valence-electron chi connectivity index (χ0n) is 9.24. The molecule has 17 heavy (non-hydrogen) atoms. The number of nitrogens with one attached hydrogen (secondary N) is 1. The molecule has 0 aliphatic rings. The van der Waals surface area contributed by atoms with Crippen molar-refractivity contribution in [3.63, 3.8) is 0 Å². The average molecular weight is 311 g/mol. The fraction of sp³-hybridized carbons (Fsp3) is 0.167. The third-order valence-electron chi connectivity index (χ3n) is 2.38. The Labute approximate surface area is 112 Å². The van der Waals surface area contributed by atoms with Gasteiger partial charge in [-0.15, -0.1) is 11.3 Å². The maximum absolute atomic E-state index is 11.8. The zero-order valence-corrected chi connectivity index (χ0v) is 11.6. The van der Waals surface area contributed by atoms with Crippen LogP contribution in [0.1, 0.15) is 20.8 Å². The van der Waals surface area contributed by atoms with Crippen molar-refractivity contribution in [3.05, 3.63) is 50.4 Å². The number of pyridine rings is 1. The normalized spacial score (nSPS) is 10.2. The molecule has 0 saturated heterocycles. The molecule has 5 heteroatoms. The average Bonchev–Trinajstić information content (AvgIpc) is 2.74. The first-order valence-corrected chi connectivity index (χ1v) is 6.71. The van der Waals surface area contributed by atoms with Crippen LogP contribution in [0.3, 0.4) is 0 Å². The van der Waals surface area contributed by atoms with E-state index in [9.17, 15) is 4.79 Å². The van der Waals surface area contributed by atoms with Gasteiger partial charge in [0.25, 0.3) is 5.91 Å². The van der Waals surface area contributed by atoms with E-state index in [1.54, 1.807) is 18.5 Å². The van der Waals surface area contributed by atoms with Crippen LogP contribution in [0.2, 0.25) is 0 Å². The number of amides is 1. The van der Waals surface area contributed by atoms with Crippen molar-refractivity contribution in [2.45, 2.75) is 13.5 Å². The van der Waals surface area contributed by atoms with E-state index in [-0.39, 0.29) is 5.91 Å². The Bertz CT molecular complexity index is 539. The van der Waals surface area contributed by atoms with Crippen LogP contribution in [0.25, 0.3) is 0 Å². The molecule has 88 valence electrons. The summed E-state index contributed by atoms with van der Waals surface area (Å²) in [6.45, 7) is 2.51. The van der Waals surface area contributed by atoms with E-state index < -0.39 is 0 Å². The van der Waals surface area contributed by atoms with E-state index >= 15 is 0 Å². The molecule has 2 aromatic rings.